The second-order valence-corrected chi connectivity index (χ2v) is 7.23. The topological polar surface area (TPSA) is 83.7 Å². The van der Waals surface area contributed by atoms with Crippen LogP contribution in [0.5, 0.6) is 0 Å². The van der Waals surface area contributed by atoms with Gasteiger partial charge in [-0.05, 0) is 25.3 Å². The molecule has 2 saturated heterocycles. The Kier molecular flexibility index (Phi) is 3.93. The van der Waals surface area contributed by atoms with Crippen LogP contribution >= 0.6 is 0 Å². The third-order valence-electron chi connectivity index (χ3n) is 3.91. The monoisotopic (exact) mass is 275 g/mol. The molecule has 0 bridgehead atoms. The first-order valence-corrected chi connectivity index (χ1v) is 8.21. The van der Waals surface area contributed by atoms with Gasteiger partial charge in [0.25, 0.3) is 0 Å². The summed E-state index contributed by atoms with van der Waals surface area (Å²) in [5.41, 5.74) is 5.60. The lowest BCUT2D eigenvalue weighted by molar-refractivity contribution is -0.130. The summed E-state index contributed by atoms with van der Waals surface area (Å²) in [5.74, 6) is 0.439. The summed E-state index contributed by atoms with van der Waals surface area (Å²) in [6.45, 7) is 2.31. The predicted octanol–water partition coefficient (Wildman–Crippen LogP) is -0.782. The van der Waals surface area contributed by atoms with Crippen molar-refractivity contribution >= 4 is 15.9 Å². The third kappa shape index (κ3) is 2.84. The smallest absolute Gasteiger partial charge is 0.223 e. The number of carbonyl (C=O) groups is 1. The van der Waals surface area contributed by atoms with Crippen LogP contribution in [0.15, 0.2) is 0 Å². The Morgan fingerprint density at radius 1 is 1.33 bits per heavy atom. The van der Waals surface area contributed by atoms with E-state index in [1.54, 1.807) is 0 Å². The maximum Gasteiger partial charge on any atom is 0.223 e. The van der Waals surface area contributed by atoms with Crippen molar-refractivity contribution in [3.63, 3.8) is 0 Å². The van der Waals surface area contributed by atoms with Crippen LogP contribution in [0.4, 0.5) is 0 Å². The molecule has 104 valence electrons. The van der Waals surface area contributed by atoms with Gasteiger partial charge in [-0.3, -0.25) is 4.79 Å². The molecular formula is C11H21N3O3S. The summed E-state index contributed by atoms with van der Waals surface area (Å²) < 4.78 is 24.3. The van der Waals surface area contributed by atoms with Gasteiger partial charge in [-0.25, -0.2) is 12.7 Å². The fourth-order valence-corrected chi connectivity index (χ4v) is 3.68. The number of piperidine rings is 1. The Morgan fingerprint density at radius 2 is 1.94 bits per heavy atom. The number of likely N-dealkylation sites (tertiary alicyclic amines) is 1. The number of rotatable bonds is 3. The van der Waals surface area contributed by atoms with Gasteiger partial charge in [0, 0.05) is 32.1 Å². The lowest BCUT2D eigenvalue weighted by Gasteiger charge is -2.35. The summed E-state index contributed by atoms with van der Waals surface area (Å²) in [4.78, 5) is 13.8. The largest absolute Gasteiger partial charge is 0.339 e. The molecule has 18 heavy (non-hydrogen) atoms. The molecule has 2 aliphatic heterocycles. The zero-order valence-electron chi connectivity index (χ0n) is 10.7. The van der Waals surface area contributed by atoms with E-state index >= 15 is 0 Å². The molecular weight excluding hydrogens is 254 g/mol. The van der Waals surface area contributed by atoms with E-state index in [9.17, 15) is 13.2 Å². The molecule has 2 aliphatic rings. The van der Waals surface area contributed by atoms with Crippen LogP contribution in [0.2, 0.25) is 0 Å². The van der Waals surface area contributed by atoms with E-state index in [0.717, 1.165) is 19.4 Å². The van der Waals surface area contributed by atoms with Crippen molar-refractivity contribution in [1.82, 2.24) is 9.21 Å². The van der Waals surface area contributed by atoms with Crippen LogP contribution in [-0.2, 0) is 14.8 Å². The van der Waals surface area contributed by atoms with Crippen molar-refractivity contribution in [2.45, 2.75) is 25.3 Å². The van der Waals surface area contributed by atoms with Gasteiger partial charge in [-0.15, -0.1) is 0 Å². The molecule has 6 nitrogen and oxygen atoms in total. The van der Waals surface area contributed by atoms with Gasteiger partial charge in [-0.2, -0.15) is 0 Å². The summed E-state index contributed by atoms with van der Waals surface area (Å²) in [5, 5.41) is 0. The van der Waals surface area contributed by atoms with Crippen LogP contribution in [0, 0.1) is 5.92 Å². The molecule has 2 rings (SSSR count). The van der Waals surface area contributed by atoms with Crippen LogP contribution in [0.3, 0.4) is 0 Å². The highest BCUT2D eigenvalue weighted by molar-refractivity contribution is 7.88. The Morgan fingerprint density at radius 3 is 2.39 bits per heavy atom. The Labute approximate surface area is 108 Å². The van der Waals surface area contributed by atoms with Crippen LogP contribution in [-0.4, -0.2) is 62.0 Å². The van der Waals surface area contributed by atoms with Gasteiger partial charge in [0.05, 0.1) is 6.26 Å². The van der Waals surface area contributed by atoms with Gasteiger partial charge in [0.1, 0.15) is 0 Å². The molecule has 1 unspecified atom stereocenters. The predicted molar refractivity (Wildman–Crippen MR) is 68.3 cm³/mol. The minimum atomic E-state index is -3.09. The fraction of sp³-hybridized carbons (Fsp3) is 0.909. The molecule has 0 radical (unpaired) electrons. The van der Waals surface area contributed by atoms with E-state index in [4.69, 9.17) is 5.73 Å². The van der Waals surface area contributed by atoms with Crippen LogP contribution < -0.4 is 5.73 Å². The molecule has 2 fully saturated rings. The second kappa shape index (κ2) is 5.14. The third-order valence-corrected chi connectivity index (χ3v) is 5.21. The van der Waals surface area contributed by atoms with E-state index in [-0.39, 0.29) is 17.9 Å². The number of hydrogen-bond acceptors (Lipinski definition) is 4. The van der Waals surface area contributed by atoms with Crippen molar-refractivity contribution < 1.29 is 13.2 Å². The number of nitrogens with zero attached hydrogens (tertiary/aromatic N) is 2. The summed E-state index contributed by atoms with van der Waals surface area (Å²) >= 11 is 0. The van der Waals surface area contributed by atoms with Gasteiger partial charge < -0.3 is 10.6 Å². The highest BCUT2D eigenvalue weighted by Gasteiger charge is 2.36. The van der Waals surface area contributed by atoms with E-state index in [2.05, 4.69) is 0 Å². The molecule has 7 heteroatoms. The van der Waals surface area contributed by atoms with E-state index in [0.29, 0.717) is 26.1 Å². The maximum absolute atomic E-state index is 11.9. The molecule has 1 amide bonds. The zero-order chi connectivity index (χ0) is 13.3. The normalized spacial score (nSPS) is 28.0. The Balaban J connectivity index is 1.92. The van der Waals surface area contributed by atoms with E-state index in [1.165, 1.54) is 10.6 Å². The van der Waals surface area contributed by atoms with Gasteiger partial charge in [0.2, 0.25) is 15.9 Å². The van der Waals surface area contributed by atoms with Crippen molar-refractivity contribution in [2.24, 2.45) is 11.7 Å². The van der Waals surface area contributed by atoms with Crippen molar-refractivity contribution in [2.75, 3.05) is 32.4 Å². The number of amides is 1. The average Bonchev–Trinajstić information content (AvgIpc) is 2.70. The van der Waals surface area contributed by atoms with Crippen molar-refractivity contribution in [3.8, 4) is 0 Å². The first-order valence-electron chi connectivity index (χ1n) is 6.36. The SMILES string of the molecule is CS(=O)(=O)N1CCC(N2CC(CN)CC2=O)CC1. The molecule has 2 heterocycles. The lowest BCUT2D eigenvalue weighted by atomic mass is 10.1. The first-order chi connectivity index (χ1) is 8.41. The summed E-state index contributed by atoms with van der Waals surface area (Å²) in [7, 11) is -3.09. The highest BCUT2D eigenvalue weighted by Crippen LogP contribution is 2.25. The quantitative estimate of drug-likeness (QED) is 0.732. The van der Waals surface area contributed by atoms with E-state index < -0.39 is 10.0 Å². The average molecular weight is 275 g/mol. The minimum absolute atomic E-state index is 0.170. The summed E-state index contributed by atoms with van der Waals surface area (Å²) in [6, 6.07) is 0.187. The number of hydrogen-bond donors (Lipinski definition) is 1. The van der Waals surface area contributed by atoms with Gasteiger partial charge in [-0.1, -0.05) is 0 Å². The molecule has 0 aromatic rings. The number of carbonyl (C=O) groups excluding carboxylic acids is 1. The standard InChI is InChI=1S/C11H21N3O3S/c1-18(16,17)13-4-2-10(3-5-13)14-8-9(7-12)6-11(14)15/h9-10H,2-8,12H2,1H3. The summed E-state index contributed by atoms with van der Waals surface area (Å²) in [6.07, 6.45) is 3.24. The zero-order valence-corrected chi connectivity index (χ0v) is 11.5. The Hall–Kier alpha value is -0.660. The molecule has 1 atom stereocenters. The minimum Gasteiger partial charge on any atom is -0.339 e. The van der Waals surface area contributed by atoms with Crippen molar-refractivity contribution in [1.29, 1.82) is 0 Å². The van der Waals surface area contributed by atoms with Crippen molar-refractivity contribution in [3.05, 3.63) is 0 Å². The molecule has 0 spiro atoms. The fourth-order valence-electron chi connectivity index (χ4n) is 2.80. The Bertz CT molecular complexity index is 415. The van der Waals surface area contributed by atoms with E-state index in [1.807, 2.05) is 4.90 Å². The molecule has 0 aliphatic carbocycles. The first kappa shape index (κ1) is 13.8. The second-order valence-electron chi connectivity index (χ2n) is 5.25. The highest BCUT2D eigenvalue weighted by atomic mass is 32.2. The van der Waals surface area contributed by atoms with Crippen LogP contribution in [0.25, 0.3) is 0 Å². The molecule has 2 N–H and O–H groups in total. The van der Waals surface area contributed by atoms with Crippen LogP contribution in [0.1, 0.15) is 19.3 Å². The maximum atomic E-state index is 11.9. The van der Waals surface area contributed by atoms with Gasteiger partial charge in [0.15, 0.2) is 0 Å². The molecule has 0 saturated carbocycles. The lowest BCUT2D eigenvalue weighted by Crippen LogP contribution is -2.47. The van der Waals surface area contributed by atoms with Gasteiger partial charge >= 0.3 is 0 Å². The molecule has 0 aromatic heterocycles. The number of sulfonamides is 1. The number of nitrogens with two attached hydrogens (primary N) is 1. The molecule has 0 aromatic carbocycles.